The van der Waals surface area contributed by atoms with E-state index in [0.717, 1.165) is 10.7 Å². The molecule has 0 saturated carbocycles. The Kier molecular flexibility index (Phi) is 4.57. The zero-order valence-electron chi connectivity index (χ0n) is 13.3. The highest BCUT2D eigenvalue weighted by Crippen LogP contribution is 2.23. The van der Waals surface area contributed by atoms with Gasteiger partial charge in [-0.1, -0.05) is 25.1 Å². The summed E-state index contributed by atoms with van der Waals surface area (Å²) < 4.78 is 5.31. The fourth-order valence-corrected chi connectivity index (χ4v) is 3.07. The maximum absolute atomic E-state index is 10.9. The number of anilines is 1. The number of urea groups is 1. The van der Waals surface area contributed by atoms with Crippen molar-refractivity contribution in [2.24, 2.45) is 5.73 Å². The second-order valence-electron chi connectivity index (χ2n) is 5.58. The Morgan fingerprint density at radius 1 is 1.38 bits per heavy atom. The van der Waals surface area contributed by atoms with Gasteiger partial charge in [-0.05, 0) is 24.1 Å². The van der Waals surface area contributed by atoms with Gasteiger partial charge in [-0.15, -0.1) is 11.3 Å². The lowest BCUT2D eigenvalue weighted by Crippen LogP contribution is -2.19. The lowest BCUT2D eigenvalue weighted by atomic mass is 10.2. The lowest BCUT2D eigenvalue weighted by Gasteiger charge is -2.02. The van der Waals surface area contributed by atoms with Crippen LogP contribution in [0.1, 0.15) is 36.3 Å². The van der Waals surface area contributed by atoms with Crippen LogP contribution < -0.4 is 11.1 Å². The van der Waals surface area contributed by atoms with Gasteiger partial charge in [0.1, 0.15) is 5.01 Å². The van der Waals surface area contributed by atoms with Crippen molar-refractivity contribution in [1.29, 1.82) is 0 Å². The van der Waals surface area contributed by atoms with E-state index < -0.39 is 6.03 Å². The average molecular weight is 343 g/mol. The first kappa shape index (κ1) is 16.1. The fourth-order valence-electron chi connectivity index (χ4n) is 2.12. The van der Waals surface area contributed by atoms with Gasteiger partial charge in [-0.3, -0.25) is 0 Å². The molecular weight excluding hydrogens is 326 g/mol. The van der Waals surface area contributed by atoms with E-state index in [1.807, 2.05) is 6.07 Å². The van der Waals surface area contributed by atoms with Crippen LogP contribution in [0.4, 0.5) is 10.5 Å². The molecule has 0 aliphatic heterocycles. The van der Waals surface area contributed by atoms with E-state index in [-0.39, 0.29) is 0 Å². The zero-order valence-corrected chi connectivity index (χ0v) is 14.1. The molecule has 0 saturated heterocycles. The number of nitrogens with zero attached hydrogens (tertiary/aromatic N) is 3. The van der Waals surface area contributed by atoms with E-state index in [1.165, 1.54) is 0 Å². The third-order valence-electron chi connectivity index (χ3n) is 3.32. The van der Waals surface area contributed by atoms with Gasteiger partial charge in [0.05, 0.1) is 12.1 Å². The van der Waals surface area contributed by atoms with E-state index in [4.69, 9.17) is 10.3 Å². The largest absolute Gasteiger partial charge is 0.351 e. The molecule has 0 aliphatic carbocycles. The molecule has 2 heterocycles. The number of thiazole rings is 1. The van der Waals surface area contributed by atoms with Crippen molar-refractivity contribution in [1.82, 2.24) is 15.1 Å². The van der Waals surface area contributed by atoms with Crippen LogP contribution in [-0.2, 0) is 6.42 Å². The molecule has 0 spiro atoms. The monoisotopic (exact) mass is 343 g/mol. The molecule has 2 aromatic heterocycles. The summed E-state index contributed by atoms with van der Waals surface area (Å²) in [7, 11) is 0. The Labute approximate surface area is 142 Å². The highest BCUT2D eigenvalue weighted by Gasteiger charge is 2.13. The summed E-state index contributed by atoms with van der Waals surface area (Å²) in [6, 6.07) is 6.43. The van der Waals surface area contributed by atoms with Crippen LogP contribution >= 0.6 is 11.3 Å². The molecule has 3 N–H and O–H groups in total. The van der Waals surface area contributed by atoms with E-state index in [1.54, 1.807) is 29.5 Å². The molecule has 0 unspecified atom stereocenters. The third-order valence-corrected chi connectivity index (χ3v) is 4.18. The first-order valence-electron chi connectivity index (χ1n) is 7.45. The van der Waals surface area contributed by atoms with Crippen molar-refractivity contribution in [2.75, 3.05) is 5.32 Å². The molecule has 3 aromatic rings. The van der Waals surface area contributed by atoms with Crippen LogP contribution in [0, 0.1) is 0 Å². The Balaban J connectivity index is 1.76. The first-order valence-corrected chi connectivity index (χ1v) is 8.33. The normalized spacial score (nSPS) is 11.0. The number of hydrogen-bond donors (Lipinski definition) is 2. The minimum Gasteiger partial charge on any atom is -0.351 e. The Bertz CT molecular complexity index is 856. The molecule has 8 heteroatoms. The minimum absolute atomic E-state index is 0.388. The standard InChI is InChI=1S/C16H17N5O2S/c1-9(2)12-8-24-14(19-12)7-13-20-15(23-21-13)10-4-3-5-11(6-10)18-16(17)22/h3-6,8-9H,7H2,1-2H3,(H3,17,18,22). The molecular formula is C16H17N5O2S. The van der Waals surface area contributed by atoms with Crippen LogP contribution in [0.25, 0.3) is 11.5 Å². The van der Waals surface area contributed by atoms with Crippen molar-refractivity contribution in [2.45, 2.75) is 26.2 Å². The number of amides is 2. The number of aromatic nitrogens is 3. The molecule has 0 atom stereocenters. The van der Waals surface area contributed by atoms with Crippen molar-refractivity contribution < 1.29 is 9.32 Å². The van der Waals surface area contributed by atoms with E-state index in [2.05, 4.69) is 39.7 Å². The molecule has 0 fully saturated rings. The number of benzene rings is 1. The molecule has 3 rings (SSSR count). The van der Waals surface area contributed by atoms with Gasteiger partial charge in [0, 0.05) is 16.6 Å². The van der Waals surface area contributed by atoms with Gasteiger partial charge in [-0.2, -0.15) is 4.98 Å². The second-order valence-corrected chi connectivity index (χ2v) is 6.53. The van der Waals surface area contributed by atoms with Crippen LogP contribution in [0.5, 0.6) is 0 Å². The number of hydrogen-bond acceptors (Lipinski definition) is 6. The molecule has 24 heavy (non-hydrogen) atoms. The maximum Gasteiger partial charge on any atom is 0.316 e. The van der Waals surface area contributed by atoms with E-state index in [0.29, 0.717) is 35.3 Å². The molecule has 0 radical (unpaired) electrons. The summed E-state index contributed by atoms with van der Waals surface area (Å²) in [6.07, 6.45) is 0.528. The average Bonchev–Trinajstić information content (AvgIpc) is 3.17. The highest BCUT2D eigenvalue weighted by atomic mass is 32.1. The molecule has 1 aromatic carbocycles. The van der Waals surface area contributed by atoms with E-state index >= 15 is 0 Å². The molecule has 2 amide bonds. The summed E-state index contributed by atoms with van der Waals surface area (Å²) >= 11 is 1.59. The van der Waals surface area contributed by atoms with Crippen LogP contribution in [0.2, 0.25) is 0 Å². The number of carbonyl (C=O) groups is 1. The summed E-state index contributed by atoms with van der Waals surface area (Å²) in [5, 5.41) is 9.53. The predicted molar refractivity (Wildman–Crippen MR) is 91.9 cm³/mol. The van der Waals surface area contributed by atoms with Crippen molar-refractivity contribution in [3.63, 3.8) is 0 Å². The van der Waals surface area contributed by atoms with Gasteiger partial charge in [0.2, 0.25) is 0 Å². The number of nitrogens with two attached hydrogens (primary N) is 1. The summed E-state index contributed by atoms with van der Waals surface area (Å²) in [4.78, 5) is 19.9. The number of rotatable bonds is 5. The van der Waals surface area contributed by atoms with Gasteiger partial charge >= 0.3 is 6.03 Å². The number of primary amides is 1. The van der Waals surface area contributed by atoms with Crippen LogP contribution in [-0.4, -0.2) is 21.2 Å². The van der Waals surface area contributed by atoms with Crippen LogP contribution in [0.15, 0.2) is 34.2 Å². The number of nitrogens with one attached hydrogen (secondary N) is 1. The Hall–Kier alpha value is -2.74. The highest BCUT2D eigenvalue weighted by molar-refractivity contribution is 7.09. The summed E-state index contributed by atoms with van der Waals surface area (Å²) in [5.41, 5.74) is 7.47. The molecule has 0 bridgehead atoms. The molecule has 7 nitrogen and oxygen atoms in total. The quantitative estimate of drug-likeness (QED) is 0.738. The maximum atomic E-state index is 10.9. The SMILES string of the molecule is CC(C)c1csc(Cc2noc(-c3cccc(NC(N)=O)c3)n2)n1. The Morgan fingerprint density at radius 3 is 2.92 bits per heavy atom. The number of carbonyl (C=O) groups excluding carboxylic acids is 1. The van der Waals surface area contributed by atoms with E-state index in [9.17, 15) is 4.79 Å². The first-order chi connectivity index (χ1) is 11.5. The summed E-state index contributed by atoms with van der Waals surface area (Å²) in [6.45, 7) is 4.22. The van der Waals surface area contributed by atoms with Crippen molar-refractivity contribution in [3.05, 3.63) is 46.2 Å². The lowest BCUT2D eigenvalue weighted by molar-refractivity contribution is 0.259. The van der Waals surface area contributed by atoms with Gasteiger partial charge in [0.25, 0.3) is 5.89 Å². The minimum atomic E-state index is -0.622. The smallest absolute Gasteiger partial charge is 0.316 e. The van der Waals surface area contributed by atoms with Gasteiger partial charge < -0.3 is 15.6 Å². The summed E-state index contributed by atoms with van der Waals surface area (Å²) in [5.74, 6) is 1.36. The van der Waals surface area contributed by atoms with Gasteiger partial charge in [0.15, 0.2) is 5.82 Å². The van der Waals surface area contributed by atoms with Gasteiger partial charge in [-0.25, -0.2) is 9.78 Å². The van der Waals surface area contributed by atoms with Crippen molar-refractivity contribution in [3.8, 4) is 11.5 Å². The topological polar surface area (TPSA) is 107 Å². The Morgan fingerprint density at radius 2 is 2.21 bits per heavy atom. The molecule has 0 aliphatic rings. The van der Waals surface area contributed by atoms with Crippen LogP contribution in [0.3, 0.4) is 0 Å². The van der Waals surface area contributed by atoms with Crippen molar-refractivity contribution >= 4 is 23.1 Å². The predicted octanol–water partition coefficient (Wildman–Crippen LogP) is 3.40. The third kappa shape index (κ3) is 3.77. The second kappa shape index (κ2) is 6.79. The zero-order chi connectivity index (χ0) is 17.1. The molecule has 124 valence electrons. The fraction of sp³-hybridized carbons (Fsp3) is 0.250.